The summed E-state index contributed by atoms with van der Waals surface area (Å²) in [5.74, 6) is -1.52. The van der Waals surface area contributed by atoms with Gasteiger partial charge in [0.05, 0.1) is 0 Å². The van der Waals surface area contributed by atoms with Crippen molar-refractivity contribution in [1.29, 1.82) is 0 Å². The van der Waals surface area contributed by atoms with Crippen molar-refractivity contribution < 1.29 is 19.8 Å². The molecule has 2 unspecified atom stereocenters. The zero-order valence-electron chi connectivity index (χ0n) is 8.43. The van der Waals surface area contributed by atoms with Crippen LogP contribution in [0.5, 0.6) is 0 Å². The highest BCUT2D eigenvalue weighted by Gasteiger charge is 2.12. The summed E-state index contributed by atoms with van der Waals surface area (Å²) in [5.41, 5.74) is 0. The predicted octanol–water partition coefficient (Wildman–Crippen LogP) is 1.95. The highest BCUT2D eigenvalue weighted by atomic mass is 32.2. The first kappa shape index (κ1) is 16.1. The smallest absolute Gasteiger partial charge is 0.316 e. The normalized spacial score (nSPS) is 13.4. The summed E-state index contributed by atoms with van der Waals surface area (Å²) in [6.07, 6.45) is 0.222. The van der Waals surface area contributed by atoms with E-state index in [-0.39, 0.29) is 16.3 Å². The summed E-state index contributed by atoms with van der Waals surface area (Å²) in [5, 5.41) is 15.7. The molecule has 0 amide bonds. The molecular formula is C8H16O4S2. The maximum atomic E-state index is 10.2. The van der Waals surface area contributed by atoms with Crippen molar-refractivity contribution in [1.82, 2.24) is 0 Å². The summed E-state index contributed by atoms with van der Waals surface area (Å²) in [6.45, 7) is 5.11. The van der Waals surface area contributed by atoms with E-state index in [2.05, 4.69) is 12.6 Å². The quantitative estimate of drug-likeness (QED) is 0.517. The molecule has 4 nitrogen and oxygen atoms in total. The Balaban J connectivity index is 0. The van der Waals surface area contributed by atoms with Gasteiger partial charge in [0.2, 0.25) is 0 Å². The van der Waals surface area contributed by atoms with Crippen molar-refractivity contribution in [3.63, 3.8) is 0 Å². The number of carboxylic acids is 2. The molecule has 84 valence electrons. The van der Waals surface area contributed by atoms with Crippen molar-refractivity contribution >= 4 is 36.3 Å². The predicted molar refractivity (Wildman–Crippen MR) is 61.1 cm³/mol. The Labute approximate surface area is 93.5 Å². The summed E-state index contributed by atoms with van der Waals surface area (Å²) in [6, 6.07) is 0. The van der Waals surface area contributed by atoms with Gasteiger partial charge in [0.15, 0.2) is 0 Å². The molecule has 2 atom stereocenters. The number of carboxylic acid groups (broad SMARTS) is 2. The van der Waals surface area contributed by atoms with Crippen molar-refractivity contribution in [2.24, 2.45) is 0 Å². The van der Waals surface area contributed by atoms with Gasteiger partial charge < -0.3 is 10.2 Å². The third kappa shape index (κ3) is 14.2. The van der Waals surface area contributed by atoms with Crippen LogP contribution in [0.2, 0.25) is 0 Å². The van der Waals surface area contributed by atoms with E-state index in [1.165, 1.54) is 11.8 Å². The third-order valence-corrected chi connectivity index (χ3v) is 2.42. The number of thioether (sulfide) groups is 1. The molecule has 14 heavy (non-hydrogen) atoms. The van der Waals surface area contributed by atoms with Crippen LogP contribution in [0, 0.1) is 0 Å². The third-order valence-electron chi connectivity index (χ3n) is 1.05. The Morgan fingerprint density at radius 3 is 1.79 bits per heavy atom. The Hall–Kier alpha value is -0.360. The fourth-order valence-electron chi connectivity index (χ4n) is 0.354. The van der Waals surface area contributed by atoms with Crippen LogP contribution in [-0.2, 0) is 9.59 Å². The average Bonchev–Trinajstić information content (AvgIpc) is 2.04. The fourth-order valence-corrected chi connectivity index (χ4v) is 1.61. The molecule has 0 heterocycles. The average molecular weight is 240 g/mol. The minimum Gasteiger partial charge on any atom is -0.481 e. The Morgan fingerprint density at radius 1 is 1.36 bits per heavy atom. The first-order chi connectivity index (χ1) is 6.31. The van der Waals surface area contributed by atoms with E-state index in [9.17, 15) is 9.59 Å². The molecule has 0 aliphatic heterocycles. The van der Waals surface area contributed by atoms with Gasteiger partial charge in [0, 0.05) is 11.0 Å². The lowest BCUT2D eigenvalue weighted by Crippen LogP contribution is -2.13. The lowest BCUT2D eigenvalue weighted by Gasteiger charge is -2.06. The van der Waals surface area contributed by atoms with E-state index >= 15 is 0 Å². The molecule has 0 aromatic heterocycles. The molecule has 0 spiro atoms. The van der Waals surface area contributed by atoms with E-state index in [0.29, 0.717) is 0 Å². The van der Waals surface area contributed by atoms with E-state index in [1.54, 1.807) is 13.8 Å². The molecule has 0 rings (SSSR count). The lowest BCUT2D eigenvalue weighted by molar-refractivity contribution is -0.137. The SMILES string of the molecule is CC(S)SC(C)C(=O)O.CCC(=O)O. The van der Waals surface area contributed by atoms with Crippen molar-refractivity contribution in [2.45, 2.75) is 37.0 Å². The van der Waals surface area contributed by atoms with Gasteiger partial charge in [-0.3, -0.25) is 9.59 Å². The van der Waals surface area contributed by atoms with Gasteiger partial charge >= 0.3 is 11.9 Å². The molecule has 0 aromatic rings. The lowest BCUT2D eigenvalue weighted by atomic mass is 10.5. The number of carbonyl (C=O) groups is 2. The second-order valence-electron chi connectivity index (χ2n) is 2.46. The molecule has 0 aliphatic carbocycles. The second kappa shape index (κ2) is 9.21. The number of thiol groups is 1. The van der Waals surface area contributed by atoms with Crippen LogP contribution in [0.15, 0.2) is 0 Å². The number of rotatable bonds is 4. The van der Waals surface area contributed by atoms with Crippen molar-refractivity contribution in [3.8, 4) is 0 Å². The van der Waals surface area contributed by atoms with Gasteiger partial charge in [-0.25, -0.2) is 0 Å². The molecular weight excluding hydrogens is 224 g/mol. The van der Waals surface area contributed by atoms with Gasteiger partial charge in [-0.1, -0.05) is 6.92 Å². The monoisotopic (exact) mass is 240 g/mol. The van der Waals surface area contributed by atoms with Crippen LogP contribution < -0.4 is 0 Å². The number of hydrogen-bond acceptors (Lipinski definition) is 4. The van der Waals surface area contributed by atoms with Gasteiger partial charge in [0.1, 0.15) is 5.25 Å². The molecule has 0 aromatic carbocycles. The van der Waals surface area contributed by atoms with Crippen LogP contribution >= 0.6 is 24.4 Å². The highest BCUT2D eigenvalue weighted by Crippen LogP contribution is 2.19. The van der Waals surface area contributed by atoms with E-state index in [1.807, 2.05) is 6.92 Å². The summed E-state index contributed by atoms with van der Waals surface area (Å²) >= 11 is 5.36. The number of hydrogen-bond donors (Lipinski definition) is 3. The molecule has 0 saturated heterocycles. The van der Waals surface area contributed by atoms with Crippen molar-refractivity contribution in [3.05, 3.63) is 0 Å². The molecule has 6 heteroatoms. The van der Waals surface area contributed by atoms with Gasteiger partial charge in [-0.05, 0) is 13.8 Å². The largest absolute Gasteiger partial charge is 0.481 e. The van der Waals surface area contributed by atoms with Gasteiger partial charge in [-0.15, -0.1) is 11.8 Å². The molecule has 0 fully saturated rings. The molecule has 2 N–H and O–H groups in total. The summed E-state index contributed by atoms with van der Waals surface area (Å²) in [7, 11) is 0. The zero-order valence-corrected chi connectivity index (χ0v) is 10.1. The minimum atomic E-state index is -0.777. The van der Waals surface area contributed by atoms with E-state index < -0.39 is 11.9 Å². The fraction of sp³-hybridized carbons (Fsp3) is 0.750. The van der Waals surface area contributed by atoms with Crippen LogP contribution in [0.1, 0.15) is 27.2 Å². The topological polar surface area (TPSA) is 74.6 Å². The van der Waals surface area contributed by atoms with Crippen LogP contribution in [0.25, 0.3) is 0 Å². The van der Waals surface area contributed by atoms with Crippen LogP contribution in [0.3, 0.4) is 0 Å². The van der Waals surface area contributed by atoms with Crippen LogP contribution in [-0.4, -0.2) is 32.0 Å². The highest BCUT2D eigenvalue weighted by molar-refractivity contribution is 8.11. The van der Waals surface area contributed by atoms with E-state index in [4.69, 9.17) is 10.2 Å². The maximum Gasteiger partial charge on any atom is 0.316 e. The van der Waals surface area contributed by atoms with Crippen molar-refractivity contribution in [2.75, 3.05) is 0 Å². The zero-order chi connectivity index (χ0) is 11.7. The second-order valence-corrected chi connectivity index (χ2v) is 5.27. The molecule has 0 saturated carbocycles. The minimum absolute atomic E-state index is 0.0936. The van der Waals surface area contributed by atoms with E-state index in [0.717, 1.165) is 0 Å². The van der Waals surface area contributed by atoms with Gasteiger partial charge in [0.25, 0.3) is 0 Å². The summed E-state index contributed by atoms with van der Waals surface area (Å²) in [4.78, 5) is 19.5. The molecule has 0 bridgehead atoms. The van der Waals surface area contributed by atoms with Crippen LogP contribution in [0.4, 0.5) is 0 Å². The first-order valence-corrected chi connectivity index (χ1v) is 5.55. The Kier molecular flexibility index (Phi) is 10.6. The molecule has 0 aliphatic rings. The maximum absolute atomic E-state index is 10.2. The summed E-state index contributed by atoms with van der Waals surface area (Å²) < 4.78 is 0.0936. The van der Waals surface area contributed by atoms with Gasteiger partial charge in [-0.2, -0.15) is 12.6 Å². The first-order valence-electron chi connectivity index (χ1n) is 4.09. The Bertz CT molecular complexity index is 182. The molecule has 0 radical (unpaired) electrons. The Morgan fingerprint density at radius 2 is 1.71 bits per heavy atom. The number of aliphatic carboxylic acids is 2. The standard InChI is InChI=1S/C5H10O2S2.C3H6O2/c1-3(5(6)7)9-4(2)8;1-2-3(4)5/h3-4,8H,1-2H3,(H,6,7);2H2,1H3,(H,4,5).